The van der Waals surface area contributed by atoms with Crippen LogP contribution in [0.1, 0.15) is 42.4 Å². The Morgan fingerprint density at radius 2 is 2.20 bits per heavy atom. The van der Waals surface area contributed by atoms with Gasteiger partial charge in [-0.2, -0.15) is 0 Å². The van der Waals surface area contributed by atoms with Crippen LogP contribution in [0.3, 0.4) is 0 Å². The first-order valence-electron chi connectivity index (χ1n) is 8.28. The van der Waals surface area contributed by atoms with Gasteiger partial charge in [-0.05, 0) is 17.7 Å². The molecule has 0 radical (unpaired) electrons. The molecule has 0 aliphatic carbocycles. The number of nitrogens with zero attached hydrogens (tertiary/aromatic N) is 2. The van der Waals surface area contributed by atoms with Crippen LogP contribution < -0.4 is 10.3 Å². The number of hydrogen-bond acceptors (Lipinski definition) is 5. The van der Waals surface area contributed by atoms with Crippen molar-refractivity contribution in [3.8, 4) is 11.5 Å². The van der Waals surface area contributed by atoms with Crippen LogP contribution in [0, 0.1) is 0 Å². The number of hydrogen-bond donors (Lipinski definition) is 2. The molecule has 1 aromatic heterocycles. The maximum absolute atomic E-state index is 12.4. The second-order valence-electron chi connectivity index (χ2n) is 6.62. The topological polar surface area (TPSA) is 78.5 Å². The maximum atomic E-state index is 12.4. The van der Waals surface area contributed by atoms with Crippen LogP contribution >= 0.6 is 11.6 Å². The molecule has 0 atom stereocenters. The molecule has 2 aromatic rings. The SMILES string of the molecule is COc1cc(CN2CCc3nc(C(C)C)[nH]c(=O)c3C2)cc(Cl)c1O. The minimum atomic E-state index is -0.0567. The Morgan fingerprint density at radius 1 is 1.44 bits per heavy atom. The van der Waals surface area contributed by atoms with Crippen LogP contribution in [0.25, 0.3) is 0 Å². The van der Waals surface area contributed by atoms with E-state index in [-0.39, 0.29) is 22.2 Å². The molecule has 1 aliphatic rings. The average molecular weight is 364 g/mol. The molecule has 2 heterocycles. The van der Waals surface area contributed by atoms with Gasteiger partial charge < -0.3 is 14.8 Å². The molecule has 3 rings (SSSR count). The summed E-state index contributed by atoms with van der Waals surface area (Å²) in [6.07, 6.45) is 0.738. The minimum Gasteiger partial charge on any atom is -0.503 e. The molecule has 0 saturated heterocycles. The second kappa shape index (κ2) is 7.06. The standard InChI is InChI=1S/C18H22ClN3O3/c1-10(2)17-20-14-4-5-22(9-12(14)18(24)21-17)8-11-6-13(19)16(23)15(7-11)25-3/h6-7,10,23H,4-5,8-9H2,1-3H3,(H,20,21,24). The number of fused-ring (bicyclic) bond motifs is 1. The van der Waals surface area contributed by atoms with E-state index in [0.29, 0.717) is 18.8 Å². The predicted molar refractivity (Wildman–Crippen MR) is 96.4 cm³/mol. The normalized spacial score (nSPS) is 14.6. The molecule has 134 valence electrons. The van der Waals surface area contributed by atoms with Crippen molar-refractivity contribution in [1.29, 1.82) is 0 Å². The molecule has 0 bridgehead atoms. The molecular formula is C18H22ClN3O3. The van der Waals surface area contributed by atoms with Gasteiger partial charge in [-0.25, -0.2) is 4.98 Å². The van der Waals surface area contributed by atoms with Crippen molar-refractivity contribution in [2.75, 3.05) is 13.7 Å². The predicted octanol–water partition coefficient (Wildman–Crippen LogP) is 2.82. The summed E-state index contributed by atoms with van der Waals surface area (Å²) in [7, 11) is 1.49. The van der Waals surface area contributed by atoms with Gasteiger partial charge >= 0.3 is 0 Å². The summed E-state index contributed by atoms with van der Waals surface area (Å²) < 4.78 is 5.15. The summed E-state index contributed by atoms with van der Waals surface area (Å²) in [6.45, 7) is 5.99. The Bertz CT molecular complexity index is 848. The van der Waals surface area contributed by atoms with E-state index in [2.05, 4.69) is 14.9 Å². The Morgan fingerprint density at radius 3 is 2.88 bits per heavy atom. The number of phenolic OH excluding ortho intramolecular Hbond substituents is 1. The van der Waals surface area contributed by atoms with Crippen LogP contribution in [0.5, 0.6) is 11.5 Å². The van der Waals surface area contributed by atoms with Gasteiger partial charge in [0.05, 0.1) is 23.4 Å². The first-order valence-corrected chi connectivity index (χ1v) is 8.66. The molecule has 7 heteroatoms. The number of aromatic amines is 1. The van der Waals surface area contributed by atoms with Crippen molar-refractivity contribution in [2.45, 2.75) is 39.3 Å². The third kappa shape index (κ3) is 3.65. The van der Waals surface area contributed by atoms with E-state index in [1.54, 1.807) is 12.1 Å². The van der Waals surface area contributed by atoms with Gasteiger partial charge in [0.15, 0.2) is 11.5 Å². The number of aromatic nitrogens is 2. The molecule has 0 fully saturated rings. The van der Waals surface area contributed by atoms with E-state index in [0.717, 1.165) is 35.6 Å². The highest BCUT2D eigenvalue weighted by Crippen LogP contribution is 2.35. The summed E-state index contributed by atoms with van der Waals surface area (Å²) in [5, 5.41) is 10.1. The number of ether oxygens (including phenoxy) is 1. The smallest absolute Gasteiger partial charge is 0.255 e. The third-order valence-corrected chi connectivity index (χ3v) is 4.72. The first kappa shape index (κ1) is 17.8. The van der Waals surface area contributed by atoms with Crippen LogP contribution in [0.15, 0.2) is 16.9 Å². The Labute approximate surface area is 151 Å². The number of phenols is 1. The van der Waals surface area contributed by atoms with E-state index in [1.807, 2.05) is 13.8 Å². The number of methoxy groups -OCH3 is 1. The average Bonchev–Trinajstić information content (AvgIpc) is 2.58. The minimum absolute atomic E-state index is 0.0558. The zero-order valence-corrected chi connectivity index (χ0v) is 15.4. The molecule has 0 saturated carbocycles. The highest BCUT2D eigenvalue weighted by molar-refractivity contribution is 6.32. The maximum Gasteiger partial charge on any atom is 0.255 e. The molecule has 2 N–H and O–H groups in total. The molecule has 1 aliphatic heterocycles. The van der Waals surface area contributed by atoms with Gasteiger partial charge in [0.1, 0.15) is 5.82 Å². The van der Waals surface area contributed by atoms with Crippen molar-refractivity contribution in [2.24, 2.45) is 0 Å². The van der Waals surface area contributed by atoms with Crippen LogP contribution in [0.4, 0.5) is 0 Å². The summed E-state index contributed by atoms with van der Waals surface area (Å²) in [4.78, 5) is 22.1. The van der Waals surface area contributed by atoms with Gasteiger partial charge in [-0.15, -0.1) is 0 Å². The van der Waals surface area contributed by atoms with E-state index in [4.69, 9.17) is 16.3 Å². The zero-order valence-electron chi connectivity index (χ0n) is 14.6. The van der Waals surface area contributed by atoms with Gasteiger partial charge in [0, 0.05) is 32.0 Å². The fourth-order valence-corrected chi connectivity index (χ4v) is 3.27. The molecule has 0 unspecified atom stereocenters. The fourth-order valence-electron chi connectivity index (χ4n) is 3.04. The second-order valence-corrected chi connectivity index (χ2v) is 7.03. The Hall–Kier alpha value is -2.05. The number of H-pyrrole nitrogens is 1. The first-order chi connectivity index (χ1) is 11.9. The number of benzene rings is 1. The molecule has 0 amide bonds. The van der Waals surface area contributed by atoms with Crippen LogP contribution in [-0.4, -0.2) is 33.6 Å². The highest BCUT2D eigenvalue weighted by Gasteiger charge is 2.22. The highest BCUT2D eigenvalue weighted by atomic mass is 35.5. The van der Waals surface area contributed by atoms with Crippen molar-refractivity contribution in [3.05, 3.63) is 50.2 Å². The summed E-state index contributed by atoms with van der Waals surface area (Å²) in [6, 6.07) is 3.49. The Kier molecular flexibility index (Phi) is 5.01. The number of rotatable bonds is 4. The van der Waals surface area contributed by atoms with Gasteiger partial charge in [0.25, 0.3) is 5.56 Å². The van der Waals surface area contributed by atoms with Crippen molar-refractivity contribution >= 4 is 11.6 Å². The van der Waals surface area contributed by atoms with Crippen molar-refractivity contribution < 1.29 is 9.84 Å². The van der Waals surface area contributed by atoms with E-state index in [9.17, 15) is 9.90 Å². The number of aromatic hydroxyl groups is 1. The van der Waals surface area contributed by atoms with Gasteiger partial charge in [-0.1, -0.05) is 25.4 Å². The van der Waals surface area contributed by atoms with Crippen molar-refractivity contribution in [1.82, 2.24) is 14.9 Å². The third-order valence-electron chi connectivity index (χ3n) is 4.43. The lowest BCUT2D eigenvalue weighted by Crippen LogP contribution is -2.35. The molecule has 1 aromatic carbocycles. The lowest BCUT2D eigenvalue weighted by molar-refractivity contribution is 0.241. The molecule has 6 nitrogen and oxygen atoms in total. The lowest BCUT2D eigenvalue weighted by atomic mass is 10.0. The fraction of sp³-hybridized carbons (Fsp3) is 0.444. The van der Waals surface area contributed by atoms with E-state index < -0.39 is 0 Å². The van der Waals surface area contributed by atoms with Crippen LogP contribution in [0.2, 0.25) is 5.02 Å². The molecular weight excluding hydrogens is 342 g/mol. The van der Waals surface area contributed by atoms with E-state index >= 15 is 0 Å². The number of nitrogens with one attached hydrogen (secondary N) is 1. The quantitative estimate of drug-likeness (QED) is 0.873. The number of halogens is 1. The molecule has 0 spiro atoms. The van der Waals surface area contributed by atoms with E-state index in [1.165, 1.54) is 7.11 Å². The summed E-state index contributed by atoms with van der Waals surface area (Å²) >= 11 is 6.06. The molecule has 25 heavy (non-hydrogen) atoms. The van der Waals surface area contributed by atoms with Crippen LogP contribution in [-0.2, 0) is 19.5 Å². The van der Waals surface area contributed by atoms with Gasteiger partial charge in [0.2, 0.25) is 0 Å². The largest absolute Gasteiger partial charge is 0.503 e. The van der Waals surface area contributed by atoms with Gasteiger partial charge in [-0.3, -0.25) is 9.69 Å². The summed E-state index contributed by atoms with van der Waals surface area (Å²) in [5.74, 6) is 1.23. The Balaban J connectivity index is 1.82. The zero-order chi connectivity index (χ0) is 18.1. The van der Waals surface area contributed by atoms with Crippen molar-refractivity contribution in [3.63, 3.8) is 0 Å². The summed E-state index contributed by atoms with van der Waals surface area (Å²) in [5.41, 5.74) is 2.49. The monoisotopic (exact) mass is 363 g/mol. The lowest BCUT2D eigenvalue weighted by Gasteiger charge is -2.28.